The van der Waals surface area contributed by atoms with Crippen LogP contribution in [0, 0.1) is 11.8 Å². The number of hydrogen-bond donors (Lipinski definition) is 2. The molecule has 2 saturated carbocycles. The lowest BCUT2D eigenvalue weighted by molar-refractivity contribution is -0.122. The van der Waals surface area contributed by atoms with Gasteiger partial charge >= 0.3 is 0 Å². The molecule has 2 aliphatic rings. The van der Waals surface area contributed by atoms with E-state index in [2.05, 4.69) is 20.9 Å². The van der Waals surface area contributed by atoms with Gasteiger partial charge in [0.15, 0.2) is 5.65 Å². The van der Waals surface area contributed by atoms with Crippen LogP contribution < -0.4 is 15.4 Å². The molecule has 2 N–H and O–H groups in total. The third-order valence-electron chi connectivity index (χ3n) is 7.51. The lowest BCUT2D eigenvalue weighted by Gasteiger charge is -2.33. The van der Waals surface area contributed by atoms with Gasteiger partial charge in [-0.25, -0.2) is 18.3 Å². The van der Waals surface area contributed by atoms with Gasteiger partial charge in [0.1, 0.15) is 11.8 Å². The Labute approximate surface area is 224 Å². The summed E-state index contributed by atoms with van der Waals surface area (Å²) in [4.78, 5) is 30.3. The summed E-state index contributed by atoms with van der Waals surface area (Å²) >= 11 is 0. The smallest absolute Gasteiger partial charge is 0.267 e. The molecule has 0 bridgehead atoms. The second kappa shape index (κ2) is 11.3. The summed E-state index contributed by atoms with van der Waals surface area (Å²) in [6, 6.07) is 1.13. The largest absolute Gasteiger partial charge is 0.475 e. The summed E-state index contributed by atoms with van der Waals surface area (Å²) in [5.74, 6) is -3.00. The number of carbonyl (C=O) groups is 2. The minimum atomic E-state index is -2.71. The fourth-order valence-electron chi connectivity index (χ4n) is 5.27. The van der Waals surface area contributed by atoms with Crippen LogP contribution in [0.1, 0.15) is 98.9 Å². The van der Waals surface area contributed by atoms with Crippen molar-refractivity contribution in [3.63, 3.8) is 0 Å². The average Bonchev–Trinajstić information content (AvgIpc) is 3.48. The summed E-state index contributed by atoms with van der Waals surface area (Å²) in [6.07, 6.45) is 7.92. The fourth-order valence-corrected chi connectivity index (χ4v) is 5.27. The van der Waals surface area contributed by atoms with Crippen LogP contribution in [-0.2, 0) is 4.79 Å². The van der Waals surface area contributed by atoms with Crippen molar-refractivity contribution in [3.05, 3.63) is 41.5 Å². The minimum Gasteiger partial charge on any atom is -0.475 e. The summed E-state index contributed by atoms with van der Waals surface area (Å²) in [5.41, 5.74) is 2.08. The quantitative estimate of drug-likeness (QED) is 0.356. The van der Waals surface area contributed by atoms with Crippen molar-refractivity contribution in [2.45, 2.75) is 83.2 Å². The van der Waals surface area contributed by atoms with Crippen LogP contribution in [0.25, 0.3) is 5.65 Å². The van der Waals surface area contributed by atoms with Gasteiger partial charge in [0.2, 0.25) is 11.8 Å². The fraction of sp³-hybridized carbons (Fsp3) is 0.593. The Morgan fingerprint density at radius 3 is 2.59 bits per heavy atom. The number of nitrogens with zero attached hydrogens (tertiary/aromatic N) is 4. The second-order valence-corrected chi connectivity index (χ2v) is 10.5. The van der Waals surface area contributed by atoms with Crippen molar-refractivity contribution in [3.8, 4) is 5.88 Å². The molecule has 0 aromatic carbocycles. The van der Waals surface area contributed by atoms with Crippen molar-refractivity contribution >= 4 is 17.5 Å². The number of carbonyl (C=O) groups excluding carboxylic acids is 2. The number of fused-ring (bicyclic) bond motifs is 1. The normalized spacial score (nSPS) is 19.0. The van der Waals surface area contributed by atoms with Crippen molar-refractivity contribution in [1.29, 1.82) is 0 Å². The Bertz CT molecular complexity index is 1310. The summed E-state index contributed by atoms with van der Waals surface area (Å²) in [5, 5.41) is 14.4. The van der Waals surface area contributed by atoms with Crippen molar-refractivity contribution in [2.24, 2.45) is 11.8 Å². The van der Waals surface area contributed by atoms with Gasteiger partial charge in [0, 0.05) is 19.3 Å². The van der Waals surface area contributed by atoms with E-state index in [4.69, 9.17) is 14.2 Å². The molecule has 3 aromatic rings. The first-order valence-electron chi connectivity index (χ1n) is 13.7. The molecule has 12 heteroatoms. The molecule has 0 unspecified atom stereocenters. The van der Waals surface area contributed by atoms with E-state index in [9.17, 15) is 18.4 Å². The Kier molecular flexibility index (Phi) is 7.81. The van der Waals surface area contributed by atoms with E-state index in [1.165, 1.54) is 6.26 Å². The predicted octanol–water partition coefficient (Wildman–Crippen LogP) is 4.78. The van der Waals surface area contributed by atoms with Gasteiger partial charge in [0.05, 0.1) is 36.8 Å². The minimum absolute atomic E-state index is 0.00957. The highest BCUT2D eigenvalue weighted by atomic mass is 19.3. The maximum Gasteiger partial charge on any atom is 0.267 e. The molecule has 39 heavy (non-hydrogen) atoms. The van der Waals surface area contributed by atoms with E-state index in [0.717, 1.165) is 24.8 Å². The van der Waals surface area contributed by atoms with Crippen LogP contribution >= 0.6 is 0 Å². The van der Waals surface area contributed by atoms with E-state index in [1.807, 2.05) is 13.0 Å². The Balaban J connectivity index is 1.43. The Morgan fingerprint density at radius 2 is 1.90 bits per heavy atom. The molecular weight excluding hydrogens is 510 g/mol. The van der Waals surface area contributed by atoms with Crippen LogP contribution in [0.3, 0.4) is 0 Å². The SMILES string of the molecule is CCCC(=O)N[C@@H](c1cnn2cc([C@@H](NC(=O)c3conc3OCC)C3CCC(F)(F)CC3)nc2c1)C1CC1. The lowest BCUT2D eigenvalue weighted by Crippen LogP contribution is -2.37. The molecule has 0 radical (unpaired) electrons. The number of amides is 2. The number of hydrogen-bond acceptors (Lipinski definition) is 7. The number of ether oxygens (including phenoxy) is 1. The van der Waals surface area contributed by atoms with Gasteiger partial charge in [-0.1, -0.05) is 6.92 Å². The monoisotopic (exact) mass is 544 g/mol. The van der Waals surface area contributed by atoms with Crippen molar-refractivity contribution in [1.82, 2.24) is 30.4 Å². The van der Waals surface area contributed by atoms with Crippen molar-refractivity contribution < 1.29 is 27.6 Å². The highest BCUT2D eigenvalue weighted by Gasteiger charge is 2.40. The second-order valence-electron chi connectivity index (χ2n) is 10.5. The topological polar surface area (TPSA) is 124 Å². The molecule has 0 saturated heterocycles. The molecule has 0 aliphatic heterocycles. The average molecular weight is 545 g/mol. The van der Waals surface area contributed by atoms with E-state index < -0.39 is 17.9 Å². The Morgan fingerprint density at radius 1 is 1.15 bits per heavy atom. The number of alkyl halides is 2. The maximum absolute atomic E-state index is 14.0. The van der Waals surface area contributed by atoms with Crippen LogP contribution in [-0.4, -0.2) is 44.1 Å². The van der Waals surface area contributed by atoms with Gasteiger partial charge < -0.3 is 19.9 Å². The van der Waals surface area contributed by atoms with Crippen LogP contribution in [0.5, 0.6) is 5.88 Å². The zero-order chi connectivity index (χ0) is 27.6. The number of rotatable bonds is 11. The van der Waals surface area contributed by atoms with Gasteiger partial charge in [-0.3, -0.25) is 9.59 Å². The predicted molar refractivity (Wildman–Crippen MR) is 136 cm³/mol. The van der Waals surface area contributed by atoms with E-state index in [1.54, 1.807) is 23.8 Å². The van der Waals surface area contributed by atoms with Crippen LogP contribution in [0.4, 0.5) is 8.78 Å². The van der Waals surface area contributed by atoms with Gasteiger partial charge in [-0.05, 0) is 67.7 Å². The number of aromatic nitrogens is 4. The highest BCUT2D eigenvalue weighted by Crippen LogP contribution is 2.43. The molecule has 3 heterocycles. The summed E-state index contributed by atoms with van der Waals surface area (Å²) in [7, 11) is 0. The van der Waals surface area contributed by atoms with Crippen LogP contribution in [0.2, 0.25) is 0 Å². The van der Waals surface area contributed by atoms with E-state index >= 15 is 0 Å². The van der Waals surface area contributed by atoms with Gasteiger partial charge in [0.25, 0.3) is 11.8 Å². The summed E-state index contributed by atoms with van der Waals surface area (Å²) < 4.78 is 39.9. The Hall–Kier alpha value is -3.57. The molecule has 5 rings (SSSR count). The van der Waals surface area contributed by atoms with E-state index in [0.29, 0.717) is 30.3 Å². The van der Waals surface area contributed by atoms with Gasteiger partial charge in [-0.15, -0.1) is 0 Å². The molecular formula is C27H34F2N6O4. The standard InChI is InChI=1S/C27H34F2N6O4/c1-3-5-22(36)32-23(16-6-7-16)18-12-21-31-20(14-35(21)30-13-18)24(17-8-10-27(28,29)11-9-17)33-25(37)19-15-39-34-26(19)38-4-2/h12-17,23-24H,3-11H2,1-2H3,(H,32,36)(H,33,37)/t23-,24+/m1/s1. The molecule has 10 nitrogen and oxygen atoms in total. The number of nitrogens with one attached hydrogen (secondary N) is 2. The third-order valence-corrected chi connectivity index (χ3v) is 7.51. The first-order chi connectivity index (χ1) is 18.8. The third kappa shape index (κ3) is 6.20. The number of imidazole rings is 1. The molecule has 2 atom stereocenters. The first kappa shape index (κ1) is 27.0. The summed E-state index contributed by atoms with van der Waals surface area (Å²) in [6.45, 7) is 4.03. The van der Waals surface area contributed by atoms with Gasteiger partial charge in [-0.2, -0.15) is 5.10 Å². The first-order valence-corrected chi connectivity index (χ1v) is 13.7. The lowest BCUT2D eigenvalue weighted by atomic mass is 9.81. The highest BCUT2D eigenvalue weighted by molar-refractivity contribution is 5.96. The molecule has 0 spiro atoms. The zero-order valence-electron chi connectivity index (χ0n) is 22.2. The molecule has 2 amide bonds. The van der Waals surface area contributed by atoms with Crippen molar-refractivity contribution in [2.75, 3.05) is 6.61 Å². The molecule has 2 fully saturated rings. The number of halogens is 2. The zero-order valence-corrected chi connectivity index (χ0v) is 22.2. The van der Waals surface area contributed by atoms with Crippen LogP contribution in [0.15, 0.2) is 29.2 Å². The molecule has 2 aliphatic carbocycles. The maximum atomic E-state index is 14.0. The van der Waals surface area contributed by atoms with E-state index in [-0.39, 0.29) is 55.0 Å². The molecule has 210 valence electrons. The molecule has 3 aromatic heterocycles.